The minimum absolute atomic E-state index is 0.227. The summed E-state index contributed by atoms with van der Waals surface area (Å²) in [4.78, 5) is 20.7. The normalized spacial score (nSPS) is 11.1. The number of hydrogen-bond donors (Lipinski definition) is 3. The maximum atomic E-state index is 12.1. The molecule has 0 spiro atoms. The van der Waals surface area contributed by atoms with Crippen molar-refractivity contribution in [2.75, 3.05) is 17.7 Å². The summed E-state index contributed by atoms with van der Waals surface area (Å²) in [6.45, 7) is 5.11. The quantitative estimate of drug-likeness (QED) is 0.558. The highest BCUT2D eigenvalue weighted by molar-refractivity contribution is 5.71. The fourth-order valence-corrected chi connectivity index (χ4v) is 2.43. The molecule has 0 aliphatic heterocycles. The number of aromatic nitrogens is 4. The Morgan fingerprint density at radius 3 is 2.50 bits per heavy atom. The number of hydrogen-bond acceptors (Lipinski definition) is 9. The maximum Gasteiger partial charge on any atom is 0.435 e. The highest BCUT2D eigenvalue weighted by atomic mass is 16.6. The van der Waals surface area contributed by atoms with E-state index in [2.05, 4.69) is 25.7 Å². The molecule has 2 aromatic heterocycles. The molecule has 0 aliphatic rings. The number of nitrogens with zero attached hydrogens (tertiary/aromatic N) is 4. The number of ether oxygens (including phenoxy) is 2. The second-order valence-corrected chi connectivity index (χ2v) is 7.36. The molecule has 0 unspecified atom stereocenters. The summed E-state index contributed by atoms with van der Waals surface area (Å²) in [5.74, 6) is 1.45. The van der Waals surface area contributed by atoms with Gasteiger partial charge in [-0.1, -0.05) is 0 Å². The van der Waals surface area contributed by atoms with Crippen molar-refractivity contribution in [1.82, 2.24) is 19.7 Å². The highest BCUT2D eigenvalue weighted by Crippen LogP contribution is 2.23. The van der Waals surface area contributed by atoms with Crippen LogP contribution in [0.1, 0.15) is 26.3 Å². The SMILES string of the molecule is COc1ccc(Nc2nc(Nc3cnn(C(=O)OC(C)(C)C)c3)ncc2CO)cc1. The molecular formula is C20H24N6O4. The molecule has 3 N–H and O–H groups in total. The van der Waals surface area contributed by atoms with Gasteiger partial charge in [-0.05, 0) is 45.0 Å². The number of benzene rings is 1. The standard InChI is InChI=1S/C20H24N6O4/c1-20(2,3)30-19(28)26-11-15(10-22-26)24-18-21-9-13(12-27)17(25-18)23-14-5-7-16(29-4)8-6-14/h5-11,27H,12H2,1-4H3,(H2,21,23,24,25). The summed E-state index contributed by atoms with van der Waals surface area (Å²) in [5, 5.41) is 19.7. The molecule has 2 heterocycles. The van der Waals surface area contributed by atoms with E-state index in [0.717, 1.165) is 16.1 Å². The van der Waals surface area contributed by atoms with E-state index in [1.54, 1.807) is 27.9 Å². The van der Waals surface area contributed by atoms with Gasteiger partial charge in [-0.25, -0.2) is 9.78 Å². The molecule has 158 valence electrons. The molecule has 0 saturated heterocycles. The average Bonchev–Trinajstić information content (AvgIpc) is 3.16. The third-order valence-corrected chi connectivity index (χ3v) is 3.81. The van der Waals surface area contributed by atoms with E-state index in [1.165, 1.54) is 18.6 Å². The molecule has 1 aromatic carbocycles. The molecule has 10 heteroatoms. The van der Waals surface area contributed by atoms with Gasteiger partial charge in [0.25, 0.3) is 0 Å². The third kappa shape index (κ3) is 5.45. The van der Waals surface area contributed by atoms with Crippen molar-refractivity contribution in [2.24, 2.45) is 0 Å². The van der Waals surface area contributed by atoms with Gasteiger partial charge >= 0.3 is 6.09 Å². The van der Waals surface area contributed by atoms with Crippen molar-refractivity contribution in [3.63, 3.8) is 0 Å². The second kappa shape index (κ2) is 8.78. The molecule has 0 fully saturated rings. The number of methoxy groups -OCH3 is 1. The predicted octanol–water partition coefficient (Wildman–Crippen LogP) is 3.44. The summed E-state index contributed by atoms with van der Waals surface area (Å²) >= 11 is 0. The topological polar surface area (TPSA) is 123 Å². The predicted molar refractivity (Wildman–Crippen MR) is 111 cm³/mol. The third-order valence-electron chi connectivity index (χ3n) is 3.81. The van der Waals surface area contributed by atoms with Crippen LogP contribution in [0, 0.1) is 0 Å². The summed E-state index contributed by atoms with van der Waals surface area (Å²) in [7, 11) is 1.60. The zero-order valence-electron chi connectivity index (χ0n) is 17.2. The fourth-order valence-electron chi connectivity index (χ4n) is 2.43. The summed E-state index contributed by atoms with van der Waals surface area (Å²) in [6, 6.07) is 7.29. The van der Waals surface area contributed by atoms with Gasteiger partial charge in [-0.2, -0.15) is 14.8 Å². The van der Waals surface area contributed by atoms with Crippen LogP contribution in [0.15, 0.2) is 42.9 Å². The van der Waals surface area contributed by atoms with E-state index in [9.17, 15) is 9.90 Å². The first kappa shape index (κ1) is 21.1. The van der Waals surface area contributed by atoms with Gasteiger partial charge in [0.1, 0.15) is 17.2 Å². The Hall–Kier alpha value is -3.66. The van der Waals surface area contributed by atoms with Gasteiger partial charge in [0.05, 0.1) is 31.8 Å². The molecule has 30 heavy (non-hydrogen) atoms. The van der Waals surface area contributed by atoms with E-state index in [-0.39, 0.29) is 12.6 Å². The van der Waals surface area contributed by atoms with Crippen LogP contribution in [-0.4, -0.2) is 43.7 Å². The maximum absolute atomic E-state index is 12.1. The van der Waals surface area contributed by atoms with Gasteiger partial charge in [0.15, 0.2) is 0 Å². The molecule has 0 bridgehead atoms. The highest BCUT2D eigenvalue weighted by Gasteiger charge is 2.18. The smallest absolute Gasteiger partial charge is 0.435 e. The van der Waals surface area contributed by atoms with Crippen LogP contribution in [0.5, 0.6) is 5.75 Å². The fraction of sp³-hybridized carbons (Fsp3) is 0.300. The van der Waals surface area contributed by atoms with Crippen LogP contribution in [0.3, 0.4) is 0 Å². The Labute approximate surface area is 173 Å². The lowest BCUT2D eigenvalue weighted by Gasteiger charge is -2.18. The van der Waals surface area contributed by atoms with E-state index >= 15 is 0 Å². The van der Waals surface area contributed by atoms with E-state index in [1.807, 2.05) is 24.3 Å². The zero-order chi connectivity index (χ0) is 21.7. The monoisotopic (exact) mass is 412 g/mol. The molecule has 0 aliphatic carbocycles. The molecular weight excluding hydrogens is 388 g/mol. The van der Waals surface area contributed by atoms with Crippen molar-refractivity contribution < 1.29 is 19.4 Å². The largest absolute Gasteiger partial charge is 0.497 e. The first-order valence-corrected chi connectivity index (χ1v) is 9.20. The average molecular weight is 412 g/mol. The second-order valence-electron chi connectivity index (χ2n) is 7.36. The van der Waals surface area contributed by atoms with Crippen molar-refractivity contribution >= 4 is 29.2 Å². The van der Waals surface area contributed by atoms with Gasteiger partial charge in [-0.3, -0.25) is 0 Å². The van der Waals surface area contributed by atoms with Crippen LogP contribution in [0.25, 0.3) is 0 Å². The van der Waals surface area contributed by atoms with Crippen molar-refractivity contribution in [1.29, 1.82) is 0 Å². The number of carbonyl (C=O) groups excluding carboxylic acids is 1. The Bertz CT molecular complexity index is 1010. The number of rotatable bonds is 6. The van der Waals surface area contributed by atoms with E-state index in [4.69, 9.17) is 9.47 Å². The Balaban J connectivity index is 1.75. The Morgan fingerprint density at radius 1 is 1.13 bits per heavy atom. The molecule has 0 atom stereocenters. The number of anilines is 4. The Kier molecular flexibility index (Phi) is 6.17. The van der Waals surface area contributed by atoms with Crippen molar-refractivity contribution in [2.45, 2.75) is 33.0 Å². The minimum atomic E-state index is -0.623. The zero-order valence-corrected chi connectivity index (χ0v) is 17.2. The molecule has 3 aromatic rings. The van der Waals surface area contributed by atoms with Gasteiger partial charge in [-0.15, -0.1) is 0 Å². The molecule has 10 nitrogen and oxygen atoms in total. The number of carbonyl (C=O) groups is 1. The summed E-state index contributed by atoms with van der Waals surface area (Å²) in [6.07, 6.45) is 3.87. The lowest BCUT2D eigenvalue weighted by Crippen LogP contribution is -2.27. The summed E-state index contributed by atoms with van der Waals surface area (Å²) < 4.78 is 11.5. The van der Waals surface area contributed by atoms with E-state index in [0.29, 0.717) is 17.1 Å². The molecule has 0 radical (unpaired) electrons. The van der Waals surface area contributed by atoms with Gasteiger partial charge in [0, 0.05) is 17.4 Å². The molecule has 3 rings (SSSR count). The van der Waals surface area contributed by atoms with E-state index < -0.39 is 11.7 Å². The van der Waals surface area contributed by atoms with Crippen molar-refractivity contribution in [3.8, 4) is 5.75 Å². The minimum Gasteiger partial charge on any atom is -0.497 e. The lowest BCUT2D eigenvalue weighted by molar-refractivity contribution is 0.0514. The van der Waals surface area contributed by atoms with Gasteiger partial charge in [0.2, 0.25) is 5.95 Å². The van der Waals surface area contributed by atoms with Gasteiger partial charge < -0.3 is 25.2 Å². The van der Waals surface area contributed by atoms with Crippen LogP contribution in [0.2, 0.25) is 0 Å². The van der Waals surface area contributed by atoms with Crippen molar-refractivity contribution in [3.05, 3.63) is 48.4 Å². The molecule has 0 amide bonds. The first-order chi connectivity index (χ1) is 14.3. The molecule has 0 saturated carbocycles. The number of aliphatic hydroxyl groups excluding tert-OH is 1. The first-order valence-electron chi connectivity index (χ1n) is 9.20. The summed E-state index contributed by atoms with van der Waals surface area (Å²) in [5.41, 5.74) is 1.18. The van der Waals surface area contributed by atoms with Crippen LogP contribution in [0.4, 0.5) is 27.9 Å². The van der Waals surface area contributed by atoms with Crippen LogP contribution in [-0.2, 0) is 11.3 Å². The number of nitrogens with one attached hydrogen (secondary N) is 2. The Morgan fingerprint density at radius 2 is 1.87 bits per heavy atom. The van der Waals surface area contributed by atoms with Crippen LogP contribution >= 0.6 is 0 Å². The number of aliphatic hydroxyl groups is 1. The van der Waals surface area contributed by atoms with Crippen LogP contribution < -0.4 is 15.4 Å². The lowest BCUT2D eigenvalue weighted by atomic mass is 10.2.